The van der Waals surface area contributed by atoms with Gasteiger partial charge in [0.25, 0.3) is 15.9 Å². The molecule has 0 saturated carbocycles. The molecule has 3 aromatic rings. The number of carbonyl (C=O) groups is 1. The molecule has 0 unspecified atom stereocenters. The van der Waals surface area contributed by atoms with Crippen molar-refractivity contribution in [1.29, 1.82) is 0 Å². The molecular formula is C27H32N4O3S. The van der Waals surface area contributed by atoms with Gasteiger partial charge in [0.2, 0.25) is 0 Å². The van der Waals surface area contributed by atoms with Crippen LogP contribution in [-0.2, 0) is 10.0 Å². The third kappa shape index (κ3) is 6.01. The second-order valence-electron chi connectivity index (χ2n) is 8.87. The Bertz CT molecular complexity index is 1280. The molecule has 2 N–H and O–H groups in total. The smallest absolute Gasteiger partial charge is 0.261 e. The fourth-order valence-corrected chi connectivity index (χ4v) is 5.28. The molecule has 0 aromatic heterocycles. The Labute approximate surface area is 207 Å². The summed E-state index contributed by atoms with van der Waals surface area (Å²) in [5.74, 6) is -0.288. The maximum Gasteiger partial charge on any atom is 0.261 e. The molecule has 1 amide bonds. The zero-order valence-electron chi connectivity index (χ0n) is 20.4. The monoisotopic (exact) mass is 492 g/mol. The summed E-state index contributed by atoms with van der Waals surface area (Å²) >= 11 is 0. The van der Waals surface area contributed by atoms with E-state index in [9.17, 15) is 13.2 Å². The first-order valence-electron chi connectivity index (χ1n) is 11.8. The van der Waals surface area contributed by atoms with Crippen molar-refractivity contribution >= 4 is 33.0 Å². The molecule has 1 fully saturated rings. The van der Waals surface area contributed by atoms with Crippen LogP contribution in [-0.4, -0.2) is 51.9 Å². The van der Waals surface area contributed by atoms with E-state index in [0.29, 0.717) is 16.9 Å². The highest BCUT2D eigenvalue weighted by Crippen LogP contribution is 2.25. The molecule has 184 valence electrons. The van der Waals surface area contributed by atoms with Crippen LogP contribution in [0.2, 0.25) is 0 Å². The van der Waals surface area contributed by atoms with E-state index in [0.717, 1.165) is 43.9 Å². The van der Waals surface area contributed by atoms with Gasteiger partial charge in [-0.25, -0.2) is 8.42 Å². The molecule has 7 nitrogen and oxygen atoms in total. The molecule has 0 radical (unpaired) electrons. The Morgan fingerprint density at radius 2 is 1.49 bits per heavy atom. The van der Waals surface area contributed by atoms with E-state index >= 15 is 0 Å². The number of carbonyl (C=O) groups excluding carboxylic acids is 1. The van der Waals surface area contributed by atoms with Crippen molar-refractivity contribution in [3.05, 3.63) is 83.4 Å². The van der Waals surface area contributed by atoms with Gasteiger partial charge in [0.15, 0.2) is 0 Å². The summed E-state index contributed by atoms with van der Waals surface area (Å²) in [6.45, 7) is 11.4. The summed E-state index contributed by atoms with van der Waals surface area (Å²) in [4.78, 5) is 17.7. The van der Waals surface area contributed by atoms with Crippen LogP contribution >= 0.6 is 0 Å². The van der Waals surface area contributed by atoms with Crippen molar-refractivity contribution in [3.63, 3.8) is 0 Å². The average Bonchev–Trinajstić information content (AvgIpc) is 2.85. The maximum atomic E-state index is 12.8. The summed E-state index contributed by atoms with van der Waals surface area (Å²) in [5.41, 5.74) is 4.93. The molecule has 4 rings (SSSR count). The van der Waals surface area contributed by atoms with Gasteiger partial charge in [0.1, 0.15) is 0 Å². The van der Waals surface area contributed by atoms with Crippen molar-refractivity contribution in [1.82, 2.24) is 4.90 Å². The molecule has 0 bridgehead atoms. The average molecular weight is 493 g/mol. The van der Waals surface area contributed by atoms with Crippen LogP contribution in [0.1, 0.15) is 28.4 Å². The van der Waals surface area contributed by atoms with Gasteiger partial charge in [-0.15, -0.1) is 0 Å². The normalized spacial score (nSPS) is 14.5. The molecule has 1 saturated heterocycles. The number of amides is 1. The van der Waals surface area contributed by atoms with E-state index in [-0.39, 0.29) is 10.8 Å². The van der Waals surface area contributed by atoms with Crippen LogP contribution in [0.5, 0.6) is 0 Å². The predicted octanol–water partition coefficient (Wildman–Crippen LogP) is 4.50. The maximum absolute atomic E-state index is 12.8. The zero-order valence-corrected chi connectivity index (χ0v) is 21.2. The third-order valence-corrected chi connectivity index (χ3v) is 7.74. The minimum absolute atomic E-state index is 0.0954. The van der Waals surface area contributed by atoms with Crippen molar-refractivity contribution in [2.24, 2.45) is 0 Å². The van der Waals surface area contributed by atoms with E-state index in [1.165, 1.54) is 30.0 Å². The van der Waals surface area contributed by atoms with E-state index < -0.39 is 10.0 Å². The van der Waals surface area contributed by atoms with Gasteiger partial charge in [-0.3, -0.25) is 9.52 Å². The third-order valence-electron chi connectivity index (χ3n) is 6.35. The largest absolute Gasteiger partial charge is 0.369 e. The van der Waals surface area contributed by atoms with E-state index in [4.69, 9.17) is 0 Å². The Morgan fingerprint density at radius 3 is 2.09 bits per heavy atom. The Morgan fingerprint density at radius 1 is 0.857 bits per heavy atom. The zero-order chi connectivity index (χ0) is 25.0. The molecule has 0 atom stereocenters. The number of aryl methyl sites for hydroxylation is 2. The number of nitrogens with zero attached hydrogens (tertiary/aromatic N) is 2. The van der Waals surface area contributed by atoms with Crippen LogP contribution in [0.15, 0.2) is 71.6 Å². The number of sulfonamides is 1. The topological polar surface area (TPSA) is 81.8 Å². The molecule has 3 aromatic carbocycles. The summed E-state index contributed by atoms with van der Waals surface area (Å²) < 4.78 is 27.9. The van der Waals surface area contributed by atoms with Gasteiger partial charge in [0.05, 0.1) is 4.90 Å². The fraction of sp³-hybridized carbons (Fsp3) is 0.296. The number of likely N-dealkylation sites (N-methyl/N-ethyl adjacent to an activating group) is 1. The van der Waals surface area contributed by atoms with Crippen LogP contribution in [0.3, 0.4) is 0 Å². The lowest BCUT2D eigenvalue weighted by Crippen LogP contribution is -2.46. The van der Waals surface area contributed by atoms with E-state index in [1.807, 2.05) is 31.2 Å². The number of benzene rings is 3. The highest BCUT2D eigenvalue weighted by atomic mass is 32.2. The first-order valence-corrected chi connectivity index (χ1v) is 13.3. The van der Waals surface area contributed by atoms with Gasteiger partial charge in [0, 0.05) is 48.8 Å². The second-order valence-corrected chi connectivity index (χ2v) is 10.6. The predicted molar refractivity (Wildman–Crippen MR) is 142 cm³/mol. The van der Waals surface area contributed by atoms with Gasteiger partial charge in [-0.1, -0.05) is 24.6 Å². The molecule has 35 heavy (non-hydrogen) atoms. The van der Waals surface area contributed by atoms with Crippen molar-refractivity contribution in [2.45, 2.75) is 25.7 Å². The number of rotatable bonds is 7. The van der Waals surface area contributed by atoms with Gasteiger partial charge < -0.3 is 15.1 Å². The van der Waals surface area contributed by atoms with Gasteiger partial charge >= 0.3 is 0 Å². The molecular weight excluding hydrogens is 460 g/mol. The standard InChI is InChI=1S/C27H32N4O3S/c1-4-30-15-17-31(18-16-30)26-14-11-24(19-21(26)3)28-27(32)22-7-12-25(13-8-22)35(33,34)29-23-9-5-20(2)6-10-23/h5-14,19,29H,4,15-18H2,1-3H3,(H,28,32). The summed E-state index contributed by atoms with van der Waals surface area (Å²) in [6.07, 6.45) is 0. The highest BCUT2D eigenvalue weighted by molar-refractivity contribution is 7.92. The molecule has 0 spiro atoms. The Balaban J connectivity index is 1.40. The molecule has 1 heterocycles. The van der Waals surface area contributed by atoms with E-state index in [1.54, 1.807) is 12.1 Å². The minimum atomic E-state index is -3.74. The Kier molecular flexibility index (Phi) is 7.42. The summed E-state index contributed by atoms with van der Waals surface area (Å²) in [7, 11) is -3.74. The Hall–Kier alpha value is -3.36. The lowest BCUT2D eigenvalue weighted by atomic mass is 10.1. The fourth-order valence-electron chi connectivity index (χ4n) is 4.22. The minimum Gasteiger partial charge on any atom is -0.369 e. The molecule has 8 heteroatoms. The highest BCUT2D eigenvalue weighted by Gasteiger charge is 2.18. The van der Waals surface area contributed by atoms with Crippen LogP contribution in [0.25, 0.3) is 0 Å². The van der Waals surface area contributed by atoms with Gasteiger partial charge in [-0.05, 0) is 80.6 Å². The van der Waals surface area contributed by atoms with E-state index in [2.05, 4.69) is 39.8 Å². The summed E-state index contributed by atoms with van der Waals surface area (Å²) in [6, 6.07) is 19.0. The number of nitrogens with one attached hydrogen (secondary N) is 2. The SMILES string of the molecule is CCN1CCN(c2ccc(NC(=O)c3ccc(S(=O)(=O)Nc4ccc(C)cc4)cc3)cc2C)CC1. The molecule has 0 aliphatic carbocycles. The number of anilines is 3. The van der Waals surface area contributed by atoms with Crippen LogP contribution < -0.4 is 14.9 Å². The van der Waals surface area contributed by atoms with Crippen molar-refractivity contribution < 1.29 is 13.2 Å². The van der Waals surface area contributed by atoms with Crippen molar-refractivity contribution in [3.8, 4) is 0 Å². The quantitative estimate of drug-likeness (QED) is 0.508. The number of piperazine rings is 1. The first kappa shape index (κ1) is 24.8. The first-order chi connectivity index (χ1) is 16.7. The van der Waals surface area contributed by atoms with Crippen LogP contribution in [0, 0.1) is 13.8 Å². The second kappa shape index (κ2) is 10.5. The number of hydrogen-bond acceptors (Lipinski definition) is 5. The summed E-state index contributed by atoms with van der Waals surface area (Å²) in [5, 5.41) is 2.92. The van der Waals surface area contributed by atoms with Crippen LogP contribution in [0.4, 0.5) is 17.1 Å². The lowest BCUT2D eigenvalue weighted by Gasteiger charge is -2.36. The van der Waals surface area contributed by atoms with Crippen molar-refractivity contribution in [2.75, 3.05) is 47.7 Å². The van der Waals surface area contributed by atoms with Gasteiger partial charge in [-0.2, -0.15) is 0 Å². The number of hydrogen-bond donors (Lipinski definition) is 2. The lowest BCUT2D eigenvalue weighted by molar-refractivity contribution is 0.102. The molecule has 1 aliphatic rings. The molecule has 1 aliphatic heterocycles.